The Labute approximate surface area is 119 Å². The van der Waals surface area contributed by atoms with Gasteiger partial charge in [0.05, 0.1) is 13.2 Å². The lowest BCUT2D eigenvalue weighted by atomic mass is 9.58. The molecule has 0 aromatic carbocycles. The second-order valence-electron chi connectivity index (χ2n) is 7.19. The highest BCUT2D eigenvalue weighted by atomic mass is 16.5. The topological polar surface area (TPSA) is 53.0 Å². The van der Waals surface area contributed by atoms with Crippen molar-refractivity contribution >= 4 is 6.09 Å². The van der Waals surface area contributed by atoms with Crippen molar-refractivity contribution in [1.29, 1.82) is 0 Å². The van der Waals surface area contributed by atoms with Crippen LogP contribution in [0.15, 0.2) is 0 Å². The first-order valence-corrected chi connectivity index (χ1v) is 8.00. The van der Waals surface area contributed by atoms with Crippen LogP contribution >= 0.6 is 0 Å². The Bertz CT molecular complexity index is 386. The largest absolute Gasteiger partial charge is 0.465 e. The van der Waals surface area contributed by atoms with Crippen LogP contribution in [0.25, 0.3) is 0 Å². The summed E-state index contributed by atoms with van der Waals surface area (Å²) in [5, 5.41) is 9.34. The number of morpholine rings is 1. The van der Waals surface area contributed by atoms with Crippen LogP contribution in [0, 0.1) is 5.41 Å². The molecule has 112 valence electrons. The second kappa shape index (κ2) is 4.60. The van der Waals surface area contributed by atoms with Gasteiger partial charge in [-0.2, -0.15) is 0 Å². The maximum atomic E-state index is 11.3. The molecule has 1 saturated carbocycles. The van der Waals surface area contributed by atoms with Crippen molar-refractivity contribution in [3.8, 4) is 0 Å². The Morgan fingerprint density at radius 2 is 1.55 bits per heavy atom. The SMILES string of the molecule is O=C(O)N1C2CCC1CC1(CC(N3CCOCC3)C1)C2. The summed E-state index contributed by atoms with van der Waals surface area (Å²) in [6, 6.07) is 1.34. The van der Waals surface area contributed by atoms with E-state index in [1.54, 1.807) is 4.90 Å². The molecule has 3 aliphatic heterocycles. The van der Waals surface area contributed by atoms with Crippen LogP contribution in [0.3, 0.4) is 0 Å². The summed E-state index contributed by atoms with van der Waals surface area (Å²) in [5.74, 6) is 0. The lowest BCUT2D eigenvalue weighted by Crippen LogP contribution is -2.59. The van der Waals surface area contributed by atoms with Crippen molar-refractivity contribution in [2.45, 2.75) is 56.7 Å². The molecule has 2 unspecified atom stereocenters. The molecule has 0 aromatic rings. The number of carboxylic acid groups (broad SMARTS) is 1. The fourth-order valence-electron chi connectivity index (χ4n) is 5.23. The summed E-state index contributed by atoms with van der Waals surface area (Å²) in [6.07, 6.45) is 6.26. The number of rotatable bonds is 1. The molecule has 1 amide bonds. The highest BCUT2D eigenvalue weighted by molar-refractivity contribution is 5.66. The van der Waals surface area contributed by atoms with Gasteiger partial charge < -0.3 is 14.7 Å². The third-order valence-electron chi connectivity index (χ3n) is 6.08. The van der Waals surface area contributed by atoms with E-state index in [2.05, 4.69) is 4.90 Å². The van der Waals surface area contributed by atoms with Crippen LogP contribution in [0.2, 0.25) is 0 Å². The van der Waals surface area contributed by atoms with Gasteiger partial charge >= 0.3 is 6.09 Å². The average Bonchev–Trinajstić information content (AvgIpc) is 2.69. The molecule has 1 N–H and O–H groups in total. The lowest BCUT2D eigenvalue weighted by Gasteiger charge is -2.57. The Hall–Kier alpha value is -0.810. The molecule has 0 aromatic heterocycles. The molecular weight excluding hydrogens is 256 g/mol. The Kier molecular flexibility index (Phi) is 2.96. The summed E-state index contributed by atoms with van der Waals surface area (Å²) in [7, 11) is 0. The number of carbonyl (C=O) groups is 1. The van der Waals surface area contributed by atoms with Crippen molar-refractivity contribution in [3.05, 3.63) is 0 Å². The molecule has 4 aliphatic rings. The molecule has 4 rings (SSSR count). The van der Waals surface area contributed by atoms with E-state index in [9.17, 15) is 9.90 Å². The summed E-state index contributed by atoms with van der Waals surface area (Å²) in [5.41, 5.74) is 0.459. The number of hydrogen-bond donors (Lipinski definition) is 1. The van der Waals surface area contributed by atoms with Gasteiger partial charge in [-0.25, -0.2) is 4.79 Å². The van der Waals surface area contributed by atoms with Crippen molar-refractivity contribution < 1.29 is 14.6 Å². The first-order chi connectivity index (χ1) is 9.67. The van der Waals surface area contributed by atoms with Gasteiger partial charge in [0.15, 0.2) is 0 Å². The molecule has 0 radical (unpaired) electrons. The number of ether oxygens (including phenoxy) is 1. The zero-order valence-electron chi connectivity index (χ0n) is 12.0. The average molecular weight is 280 g/mol. The summed E-state index contributed by atoms with van der Waals surface area (Å²) < 4.78 is 5.43. The molecule has 4 fully saturated rings. The molecule has 1 spiro atoms. The first-order valence-electron chi connectivity index (χ1n) is 8.00. The second-order valence-corrected chi connectivity index (χ2v) is 7.19. The molecule has 3 saturated heterocycles. The van der Waals surface area contributed by atoms with Crippen LogP contribution in [-0.4, -0.2) is 65.4 Å². The minimum Gasteiger partial charge on any atom is -0.465 e. The van der Waals surface area contributed by atoms with Crippen LogP contribution in [0.4, 0.5) is 4.79 Å². The van der Waals surface area contributed by atoms with E-state index in [1.165, 1.54) is 12.8 Å². The zero-order valence-corrected chi connectivity index (χ0v) is 12.0. The van der Waals surface area contributed by atoms with Crippen molar-refractivity contribution in [1.82, 2.24) is 9.80 Å². The number of amides is 1. The number of nitrogens with zero attached hydrogens (tertiary/aromatic N) is 2. The van der Waals surface area contributed by atoms with Gasteiger partial charge in [-0.3, -0.25) is 4.90 Å². The van der Waals surface area contributed by atoms with Gasteiger partial charge in [-0.15, -0.1) is 0 Å². The summed E-state index contributed by atoms with van der Waals surface area (Å²) in [4.78, 5) is 15.7. The van der Waals surface area contributed by atoms with E-state index in [4.69, 9.17) is 4.74 Å². The summed E-state index contributed by atoms with van der Waals surface area (Å²) >= 11 is 0. The highest BCUT2D eigenvalue weighted by Gasteiger charge is 2.56. The Balaban J connectivity index is 1.39. The van der Waals surface area contributed by atoms with Gasteiger partial charge in [-0.1, -0.05) is 0 Å². The molecule has 5 heteroatoms. The minimum absolute atomic E-state index is 0.303. The van der Waals surface area contributed by atoms with Crippen molar-refractivity contribution in [2.24, 2.45) is 5.41 Å². The van der Waals surface area contributed by atoms with Crippen LogP contribution in [0.5, 0.6) is 0 Å². The molecule has 1 aliphatic carbocycles. The smallest absolute Gasteiger partial charge is 0.407 e. The van der Waals surface area contributed by atoms with Gasteiger partial charge in [-0.05, 0) is 43.9 Å². The molecule has 20 heavy (non-hydrogen) atoms. The number of hydrogen-bond acceptors (Lipinski definition) is 3. The molecule has 3 heterocycles. The van der Waals surface area contributed by atoms with E-state index in [0.29, 0.717) is 17.5 Å². The maximum absolute atomic E-state index is 11.3. The predicted octanol–water partition coefficient (Wildman–Crippen LogP) is 1.77. The van der Waals surface area contributed by atoms with Crippen molar-refractivity contribution in [2.75, 3.05) is 26.3 Å². The zero-order chi connectivity index (χ0) is 13.7. The predicted molar refractivity (Wildman–Crippen MR) is 73.8 cm³/mol. The van der Waals surface area contributed by atoms with Crippen molar-refractivity contribution in [3.63, 3.8) is 0 Å². The van der Waals surface area contributed by atoms with Crippen LogP contribution in [0.1, 0.15) is 38.5 Å². The third kappa shape index (κ3) is 1.94. The van der Waals surface area contributed by atoms with Gasteiger partial charge in [0.25, 0.3) is 0 Å². The van der Waals surface area contributed by atoms with Gasteiger partial charge in [0.1, 0.15) is 0 Å². The standard InChI is InChI=1S/C15H24N2O3/c18-14(19)17-11-1-2-12(17)8-15(7-11)9-13(10-15)16-3-5-20-6-4-16/h11-13H,1-10H2,(H,18,19). The Morgan fingerprint density at radius 1 is 1.00 bits per heavy atom. The number of fused-ring (bicyclic) bond motifs is 2. The fourth-order valence-corrected chi connectivity index (χ4v) is 5.23. The molecular formula is C15H24N2O3. The van der Waals surface area contributed by atoms with E-state index in [1.807, 2.05) is 0 Å². The summed E-state index contributed by atoms with van der Waals surface area (Å²) in [6.45, 7) is 3.91. The Morgan fingerprint density at radius 3 is 2.10 bits per heavy atom. The first kappa shape index (κ1) is 12.9. The monoisotopic (exact) mass is 280 g/mol. The van der Waals surface area contributed by atoms with Gasteiger partial charge in [0, 0.05) is 31.2 Å². The quantitative estimate of drug-likeness (QED) is 0.795. The van der Waals surface area contributed by atoms with Crippen LogP contribution < -0.4 is 0 Å². The molecule has 5 nitrogen and oxygen atoms in total. The van der Waals surface area contributed by atoms with E-state index in [-0.39, 0.29) is 0 Å². The maximum Gasteiger partial charge on any atom is 0.407 e. The molecule has 2 atom stereocenters. The minimum atomic E-state index is -0.698. The fraction of sp³-hybridized carbons (Fsp3) is 0.933. The third-order valence-corrected chi connectivity index (χ3v) is 6.08. The van der Waals surface area contributed by atoms with E-state index < -0.39 is 6.09 Å². The molecule has 2 bridgehead atoms. The van der Waals surface area contributed by atoms with E-state index >= 15 is 0 Å². The van der Waals surface area contributed by atoms with Gasteiger partial charge in [0.2, 0.25) is 0 Å². The highest BCUT2D eigenvalue weighted by Crippen LogP contribution is 2.57. The number of piperidine rings is 1. The normalized spacial score (nSPS) is 44.6. The lowest BCUT2D eigenvalue weighted by molar-refractivity contribution is -0.0843. The van der Waals surface area contributed by atoms with Crippen LogP contribution in [-0.2, 0) is 4.74 Å². The van der Waals surface area contributed by atoms with E-state index in [0.717, 1.165) is 58.0 Å².